The fourth-order valence-corrected chi connectivity index (χ4v) is 4.90. The first-order valence-corrected chi connectivity index (χ1v) is 12.1. The van der Waals surface area contributed by atoms with E-state index in [4.69, 9.17) is 4.74 Å². The van der Waals surface area contributed by atoms with Gasteiger partial charge in [-0.25, -0.2) is 4.98 Å². The molecule has 186 valence electrons. The minimum absolute atomic E-state index is 0.00439. The van der Waals surface area contributed by atoms with Crippen molar-refractivity contribution in [2.45, 2.75) is 56.7 Å². The van der Waals surface area contributed by atoms with Crippen LogP contribution in [-0.4, -0.2) is 62.6 Å². The van der Waals surface area contributed by atoms with Gasteiger partial charge in [0.1, 0.15) is 22.9 Å². The van der Waals surface area contributed by atoms with Crippen molar-refractivity contribution in [3.63, 3.8) is 0 Å². The van der Waals surface area contributed by atoms with E-state index < -0.39 is 6.10 Å². The molecule has 3 atom stereocenters. The van der Waals surface area contributed by atoms with Crippen molar-refractivity contribution in [2.24, 2.45) is 0 Å². The van der Waals surface area contributed by atoms with Gasteiger partial charge < -0.3 is 30.4 Å². The highest BCUT2D eigenvalue weighted by Crippen LogP contribution is 2.23. The minimum atomic E-state index is -0.391. The van der Waals surface area contributed by atoms with Crippen LogP contribution in [0.3, 0.4) is 0 Å². The maximum Gasteiger partial charge on any atom is 0.274 e. The molecule has 0 bridgehead atoms. The fraction of sp³-hybridized carbons (Fsp3) is 0.500. The molecule has 0 aromatic carbocycles. The maximum atomic E-state index is 13.2. The van der Waals surface area contributed by atoms with E-state index in [9.17, 15) is 14.7 Å². The SMILES string of the molecule is CNc1cc(Nc2cccn([C@H]3CCCOC3)c2=O)nc2c(C(=O)N[C@H]3CCC[C@H](O)C3)cnn12. The number of ether oxygens (including phenoxy) is 1. The molecular weight excluding hydrogens is 450 g/mol. The Bertz CT molecular complexity index is 1260. The van der Waals surface area contributed by atoms with Gasteiger partial charge in [0.05, 0.1) is 24.9 Å². The molecule has 1 aliphatic heterocycles. The average Bonchev–Trinajstić information content (AvgIpc) is 3.29. The van der Waals surface area contributed by atoms with Crippen LogP contribution in [0.2, 0.25) is 0 Å². The van der Waals surface area contributed by atoms with E-state index in [2.05, 4.69) is 26.0 Å². The molecule has 2 aliphatic rings. The Morgan fingerprint density at radius 1 is 1.26 bits per heavy atom. The number of carbonyl (C=O) groups is 1. The summed E-state index contributed by atoms with van der Waals surface area (Å²) in [6.45, 7) is 1.24. The van der Waals surface area contributed by atoms with Gasteiger partial charge in [0, 0.05) is 32.0 Å². The molecule has 1 saturated heterocycles. The number of pyridine rings is 1. The molecule has 11 nitrogen and oxygen atoms in total. The molecule has 0 spiro atoms. The number of nitrogens with one attached hydrogen (secondary N) is 3. The van der Waals surface area contributed by atoms with Crippen molar-refractivity contribution in [3.8, 4) is 0 Å². The number of nitrogens with zero attached hydrogens (tertiary/aromatic N) is 4. The number of aromatic nitrogens is 4. The first kappa shape index (κ1) is 23.3. The van der Waals surface area contributed by atoms with Crippen LogP contribution in [0.5, 0.6) is 0 Å². The summed E-state index contributed by atoms with van der Waals surface area (Å²) in [5, 5.41) is 23.5. The van der Waals surface area contributed by atoms with Crippen molar-refractivity contribution in [1.29, 1.82) is 0 Å². The van der Waals surface area contributed by atoms with Crippen molar-refractivity contribution in [1.82, 2.24) is 24.5 Å². The summed E-state index contributed by atoms with van der Waals surface area (Å²) in [4.78, 5) is 30.8. The molecule has 5 rings (SSSR count). The van der Waals surface area contributed by atoms with Gasteiger partial charge in [0.15, 0.2) is 5.65 Å². The second kappa shape index (κ2) is 10.0. The molecular formula is C24H31N7O4. The third kappa shape index (κ3) is 4.87. The Hall–Kier alpha value is -3.44. The molecule has 11 heteroatoms. The van der Waals surface area contributed by atoms with Gasteiger partial charge in [-0.2, -0.15) is 9.61 Å². The number of fused-ring (bicyclic) bond motifs is 1. The molecule has 2 fully saturated rings. The van der Waals surface area contributed by atoms with Crippen LogP contribution in [0.4, 0.5) is 17.3 Å². The topological polar surface area (TPSA) is 135 Å². The summed E-state index contributed by atoms with van der Waals surface area (Å²) in [5.74, 6) is 0.742. The van der Waals surface area contributed by atoms with E-state index in [0.717, 1.165) is 38.7 Å². The Balaban J connectivity index is 1.43. The lowest BCUT2D eigenvalue weighted by atomic mass is 9.93. The van der Waals surface area contributed by atoms with Gasteiger partial charge in [0.25, 0.3) is 11.5 Å². The summed E-state index contributed by atoms with van der Waals surface area (Å²) >= 11 is 0. The largest absolute Gasteiger partial charge is 0.393 e. The number of hydrogen-bond donors (Lipinski definition) is 4. The Morgan fingerprint density at radius 2 is 2.14 bits per heavy atom. The molecule has 4 heterocycles. The van der Waals surface area contributed by atoms with Crippen LogP contribution in [0, 0.1) is 0 Å². The van der Waals surface area contributed by atoms with E-state index in [1.807, 2.05) is 6.07 Å². The number of hydrogen-bond acceptors (Lipinski definition) is 8. The highest BCUT2D eigenvalue weighted by atomic mass is 16.5. The normalized spacial score (nSPS) is 22.6. The lowest BCUT2D eigenvalue weighted by Crippen LogP contribution is -2.39. The quantitative estimate of drug-likeness (QED) is 0.420. The summed E-state index contributed by atoms with van der Waals surface area (Å²) in [5.41, 5.74) is 0.928. The highest BCUT2D eigenvalue weighted by molar-refractivity contribution is 6.00. The van der Waals surface area contributed by atoms with Crippen LogP contribution in [0.25, 0.3) is 5.65 Å². The van der Waals surface area contributed by atoms with E-state index >= 15 is 0 Å². The Labute approximate surface area is 202 Å². The molecule has 1 aliphatic carbocycles. The van der Waals surface area contributed by atoms with Crippen LogP contribution in [0.1, 0.15) is 54.9 Å². The van der Waals surface area contributed by atoms with E-state index in [1.54, 1.807) is 34.5 Å². The Morgan fingerprint density at radius 3 is 2.91 bits per heavy atom. The minimum Gasteiger partial charge on any atom is -0.393 e. The smallest absolute Gasteiger partial charge is 0.274 e. The van der Waals surface area contributed by atoms with Gasteiger partial charge in [0.2, 0.25) is 0 Å². The van der Waals surface area contributed by atoms with Crippen LogP contribution >= 0.6 is 0 Å². The van der Waals surface area contributed by atoms with Gasteiger partial charge in [-0.05, 0) is 50.7 Å². The molecule has 1 saturated carbocycles. The summed E-state index contributed by atoms with van der Waals surface area (Å²) in [6, 6.07) is 5.19. The summed E-state index contributed by atoms with van der Waals surface area (Å²) in [7, 11) is 1.75. The van der Waals surface area contributed by atoms with Crippen molar-refractivity contribution >= 4 is 28.9 Å². The monoisotopic (exact) mass is 481 g/mol. The highest BCUT2D eigenvalue weighted by Gasteiger charge is 2.25. The predicted octanol–water partition coefficient (Wildman–Crippen LogP) is 2.06. The predicted molar refractivity (Wildman–Crippen MR) is 131 cm³/mol. The zero-order valence-electron chi connectivity index (χ0n) is 19.7. The molecule has 3 aromatic rings. The molecule has 0 radical (unpaired) electrons. The number of amides is 1. The van der Waals surface area contributed by atoms with Gasteiger partial charge in [-0.1, -0.05) is 0 Å². The number of carbonyl (C=O) groups excluding carboxylic acids is 1. The number of rotatable bonds is 6. The van der Waals surface area contributed by atoms with E-state index in [-0.39, 0.29) is 23.6 Å². The number of aliphatic hydroxyl groups is 1. The van der Waals surface area contributed by atoms with Gasteiger partial charge >= 0.3 is 0 Å². The van der Waals surface area contributed by atoms with Gasteiger partial charge in [-0.3, -0.25) is 9.59 Å². The number of aliphatic hydroxyl groups excluding tert-OH is 1. The maximum absolute atomic E-state index is 13.2. The molecule has 4 N–H and O–H groups in total. The number of anilines is 3. The van der Waals surface area contributed by atoms with Crippen LogP contribution < -0.4 is 21.5 Å². The van der Waals surface area contributed by atoms with Crippen molar-refractivity contribution in [3.05, 3.63) is 46.5 Å². The summed E-state index contributed by atoms with van der Waals surface area (Å²) in [6.07, 6.45) is 7.70. The zero-order valence-corrected chi connectivity index (χ0v) is 19.7. The third-order valence-corrected chi connectivity index (χ3v) is 6.72. The van der Waals surface area contributed by atoms with E-state index in [0.29, 0.717) is 41.6 Å². The van der Waals surface area contributed by atoms with Crippen molar-refractivity contribution < 1.29 is 14.6 Å². The summed E-state index contributed by atoms with van der Waals surface area (Å²) < 4.78 is 8.81. The lowest BCUT2D eigenvalue weighted by Gasteiger charge is -2.26. The van der Waals surface area contributed by atoms with Crippen LogP contribution in [0.15, 0.2) is 35.4 Å². The fourth-order valence-electron chi connectivity index (χ4n) is 4.90. The standard InChI is InChI=1S/C24H31N7O4/c1-25-21-12-20(28-19-8-3-9-30(24(19)34)16-6-4-10-35-14-16)29-22-18(13-26-31(21)22)23(33)27-15-5-2-7-17(32)11-15/h3,8-9,12-13,15-17,25,32H,2,4-7,10-11,14H2,1H3,(H,27,33)(H,28,29)/t15-,16-,17-/m0/s1. The first-order valence-electron chi connectivity index (χ1n) is 12.1. The van der Waals surface area contributed by atoms with Gasteiger partial charge in [-0.15, -0.1) is 0 Å². The second-order valence-corrected chi connectivity index (χ2v) is 9.19. The molecule has 35 heavy (non-hydrogen) atoms. The average molecular weight is 482 g/mol. The van der Waals surface area contributed by atoms with E-state index in [1.165, 1.54) is 6.20 Å². The molecule has 0 unspecified atom stereocenters. The van der Waals surface area contributed by atoms with Crippen LogP contribution in [-0.2, 0) is 4.74 Å². The molecule has 3 aromatic heterocycles. The molecule has 1 amide bonds. The zero-order chi connectivity index (χ0) is 24.4. The third-order valence-electron chi connectivity index (χ3n) is 6.72. The Kier molecular flexibility index (Phi) is 6.69. The first-order chi connectivity index (χ1) is 17.0. The van der Waals surface area contributed by atoms with Crippen molar-refractivity contribution in [2.75, 3.05) is 30.9 Å². The lowest BCUT2D eigenvalue weighted by molar-refractivity contribution is 0.0580. The second-order valence-electron chi connectivity index (χ2n) is 9.19.